The van der Waals surface area contributed by atoms with Crippen LogP contribution in [0.1, 0.15) is 45.2 Å². The van der Waals surface area contributed by atoms with E-state index in [9.17, 15) is 13.2 Å². The minimum Gasteiger partial charge on any atom is -0.474 e. The normalized spacial score (nSPS) is 22.9. The van der Waals surface area contributed by atoms with Gasteiger partial charge in [0, 0.05) is 12.6 Å². The highest BCUT2D eigenvalue weighted by Gasteiger charge is 2.34. The molecule has 0 radical (unpaired) electrons. The Morgan fingerprint density at radius 2 is 2.00 bits per heavy atom. The molecule has 1 N–H and O–H groups in total. The van der Waals surface area contributed by atoms with Gasteiger partial charge in [0.25, 0.3) is 0 Å². The van der Waals surface area contributed by atoms with Crippen LogP contribution in [0.4, 0.5) is 19.1 Å². The van der Waals surface area contributed by atoms with Gasteiger partial charge in [0.05, 0.1) is 0 Å². The molecule has 2 unspecified atom stereocenters. The largest absolute Gasteiger partial charge is 0.474 e. The number of nitrogens with zero attached hydrogens (tertiary/aromatic N) is 2. The Morgan fingerprint density at radius 3 is 2.62 bits per heavy atom. The number of hydrogen-bond acceptors (Lipinski definition) is 4. The summed E-state index contributed by atoms with van der Waals surface area (Å²) in [7, 11) is 0. The molecule has 1 aromatic heterocycles. The van der Waals surface area contributed by atoms with Gasteiger partial charge in [-0.2, -0.15) is 18.2 Å². The summed E-state index contributed by atoms with van der Waals surface area (Å²) in [6.45, 7) is 4.27. The summed E-state index contributed by atoms with van der Waals surface area (Å²) in [5.74, 6) is 0.267. The van der Waals surface area contributed by atoms with E-state index < -0.39 is 11.9 Å². The Bertz CT molecular complexity index is 479. The number of rotatable bonds is 4. The summed E-state index contributed by atoms with van der Waals surface area (Å²) >= 11 is 0. The van der Waals surface area contributed by atoms with Gasteiger partial charge in [0.15, 0.2) is 5.69 Å². The predicted molar refractivity (Wildman–Crippen MR) is 73.2 cm³/mol. The van der Waals surface area contributed by atoms with Gasteiger partial charge in [-0.05, 0) is 32.1 Å². The first-order valence-electron chi connectivity index (χ1n) is 7.27. The van der Waals surface area contributed by atoms with Crippen LogP contribution in [0.5, 0.6) is 5.88 Å². The summed E-state index contributed by atoms with van der Waals surface area (Å²) in [6.07, 6.45) is -0.536. The SMILES string of the molecule is CCNc1nc(OC2CCCCC2C)cc(C(F)(F)F)n1. The van der Waals surface area contributed by atoms with Gasteiger partial charge in [-0.25, -0.2) is 4.98 Å². The van der Waals surface area contributed by atoms with E-state index in [1.54, 1.807) is 6.92 Å². The lowest BCUT2D eigenvalue weighted by Crippen LogP contribution is -2.29. The number of hydrogen-bond donors (Lipinski definition) is 1. The lowest BCUT2D eigenvalue weighted by Gasteiger charge is -2.29. The second-order valence-corrected chi connectivity index (χ2v) is 5.36. The molecule has 1 aliphatic carbocycles. The van der Waals surface area contributed by atoms with Crippen LogP contribution in [0, 0.1) is 5.92 Å². The molecule has 21 heavy (non-hydrogen) atoms. The van der Waals surface area contributed by atoms with Crippen LogP contribution < -0.4 is 10.1 Å². The fourth-order valence-electron chi connectivity index (χ4n) is 2.48. The van der Waals surface area contributed by atoms with E-state index in [-0.39, 0.29) is 17.9 Å². The van der Waals surface area contributed by atoms with Crippen LogP contribution in [0.3, 0.4) is 0 Å². The van der Waals surface area contributed by atoms with Gasteiger partial charge < -0.3 is 10.1 Å². The van der Waals surface area contributed by atoms with Crippen molar-refractivity contribution in [1.82, 2.24) is 9.97 Å². The molecule has 7 heteroatoms. The Labute approximate surface area is 122 Å². The quantitative estimate of drug-likeness (QED) is 0.917. The Balaban J connectivity index is 2.22. The van der Waals surface area contributed by atoms with Crippen molar-refractivity contribution in [2.24, 2.45) is 5.92 Å². The monoisotopic (exact) mass is 303 g/mol. The van der Waals surface area contributed by atoms with Crippen LogP contribution in [-0.2, 0) is 6.18 Å². The van der Waals surface area contributed by atoms with Gasteiger partial charge in [-0.3, -0.25) is 0 Å². The molecule has 2 rings (SSSR count). The second-order valence-electron chi connectivity index (χ2n) is 5.36. The van der Waals surface area contributed by atoms with E-state index in [1.807, 2.05) is 0 Å². The topological polar surface area (TPSA) is 47.0 Å². The van der Waals surface area contributed by atoms with Crippen molar-refractivity contribution in [2.75, 3.05) is 11.9 Å². The van der Waals surface area contributed by atoms with Crippen LogP contribution >= 0.6 is 0 Å². The van der Waals surface area contributed by atoms with Crippen LogP contribution in [-0.4, -0.2) is 22.6 Å². The average molecular weight is 303 g/mol. The molecule has 118 valence electrons. The zero-order valence-electron chi connectivity index (χ0n) is 12.2. The Morgan fingerprint density at radius 1 is 1.29 bits per heavy atom. The standard InChI is InChI=1S/C14H20F3N3O/c1-3-18-13-19-11(14(15,16)17)8-12(20-13)21-10-7-5-4-6-9(10)2/h8-10H,3-7H2,1-2H3,(H,18,19,20). The molecule has 1 fully saturated rings. The lowest BCUT2D eigenvalue weighted by molar-refractivity contribution is -0.141. The van der Waals surface area contributed by atoms with Gasteiger partial charge in [-0.1, -0.05) is 13.3 Å². The molecule has 1 saturated carbocycles. The maximum absolute atomic E-state index is 12.9. The molecule has 4 nitrogen and oxygen atoms in total. The molecule has 0 spiro atoms. The number of ether oxygens (including phenoxy) is 1. The molecular formula is C14H20F3N3O. The van der Waals surface area contributed by atoms with E-state index in [0.29, 0.717) is 12.5 Å². The zero-order chi connectivity index (χ0) is 15.5. The van der Waals surface area contributed by atoms with E-state index >= 15 is 0 Å². The smallest absolute Gasteiger partial charge is 0.433 e. The summed E-state index contributed by atoms with van der Waals surface area (Å²) in [5.41, 5.74) is -0.980. The molecule has 0 bridgehead atoms. The minimum absolute atomic E-state index is 0.00738. The molecule has 1 heterocycles. The molecule has 1 aliphatic rings. The predicted octanol–water partition coefficient (Wildman–Crippen LogP) is 3.88. The Kier molecular flexibility index (Phi) is 4.90. The summed E-state index contributed by atoms with van der Waals surface area (Å²) in [6, 6.07) is 0.877. The van der Waals surface area contributed by atoms with Crippen molar-refractivity contribution >= 4 is 5.95 Å². The van der Waals surface area contributed by atoms with Crippen molar-refractivity contribution in [1.29, 1.82) is 0 Å². The van der Waals surface area contributed by atoms with Gasteiger partial charge in [0.1, 0.15) is 6.10 Å². The number of aromatic nitrogens is 2. The Hall–Kier alpha value is -1.53. The maximum atomic E-state index is 12.9. The van der Waals surface area contributed by atoms with Crippen LogP contribution in [0.2, 0.25) is 0 Å². The molecule has 1 aromatic rings. The van der Waals surface area contributed by atoms with Crippen molar-refractivity contribution < 1.29 is 17.9 Å². The first-order valence-corrected chi connectivity index (χ1v) is 7.27. The number of anilines is 1. The number of halogens is 3. The first kappa shape index (κ1) is 15.9. The highest BCUT2D eigenvalue weighted by molar-refractivity contribution is 5.32. The van der Waals surface area contributed by atoms with Crippen LogP contribution in [0.15, 0.2) is 6.07 Å². The molecule has 0 saturated heterocycles. The number of nitrogens with one attached hydrogen (secondary N) is 1. The third-order valence-electron chi connectivity index (χ3n) is 3.63. The van der Waals surface area contributed by atoms with Gasteiger partial charge in [-0.15, -0.1) is 0 Å². The third kappa shape index (κ3) is 4.22. The van der Waals surface area contributed by atoms with E-state index in [0.717, 1.165) is 31.7 Å². The highest BCUT2D eigenvalue weighted by Crippen LogP contribution is 2.32. The van der Waals surface area contributed by atoms with Crippen molar-refractivity contribution in [2.45, 2.75) is 51.8 Å². The van der Waals surface area contributed by atoms with E-state index in [1.165, 1.54) is 0 Å². The van der Waals surface area contributed by atoms with Crippen LogP contribution in [0.25, 0.3) is 0 Å². The van der Waals surface area contributed by atoms with E-state index in [4.69, 9.17) is 4.74 Å². The summed E-state index contributed by atoms with van der Waals surface area (Å²) < 4.78 is 44.3. The minimum atomic E-state index is -4.51. The third-order valence-corrected chi connectivity index (χ3v) is 3.63. The van der Waals surface area contributed by atoms with E-state index in [2.05, 4.69) is 22.2 Å². The lowest BCUT2D eigenvalue weighted by atomic mass is 9.88. The number of alkyl halides is 3. The molecular weight excluding hydrogens is 283 g/mol. The highest BCUT2D eigenvalue weighted by atomic mass is 19.4. The second kappa shape index (κ2) is 6.49. The molecule has 2 atom stereocenters. The fraction of sp³-hybridized carbons (Fsp3) is 0.714. The van der Waals surface area contributed by atoms with Crippen molar-refractivity contribution in [3.05, 3.63) is 11.8 Å². The maximum Gasteiger partial charge on any atom is 0.433 e. The summed E-state index contributed by atoms with van der Waals surface area (Å²) in [5, 5.41) is 2.71. The van der Waals surface area contributed by atoms with Crippen molar-refractivity contribution in [3.63, 3.8) is 0 Å². The van der Waals surface area contributed by atoms with Gasteiger partial charge >= 0.3 is 6.18 Å². The molecule has 0 amide bonds. The summed E-state index contributed by atoms with van der Waals surface area (Å²) in [4.78, 5) is 7.50. The average Bonchev–Trinajstić information content (AvgIpc) is 2.41. The molecule has 0 aromatic carbocycles. The first-order chi connectivity index (χ1) is 9.90. The fourth-order valence-corrected chi connectivity index (χ4v) is 2.48. The molecule has 0 aliphatic heterocycles. The zero-order valence-corrected chi connectivity index (χ0v) is 12.2. The van der Waals surface area contributed by atoms with Gasteiger partial charge in [0.2, 0.25) is 11.8 Å². The van der Waals surface area contributed by atoms with Crippen molar-refractivity contribution in [3.8, 4) is 5.88 Å².